The molecule has 1 atom stereocenters. The molecule has 0 aliphatic carbocycles. The fourth-order valence-electron chi connectivity index (χ4n) is 1.12. The fraction of sp³-hybridized carbons (Fsp3) is 1.00. The third-order valence-corrected chi connectivity index (χ3v) is 1.80. The van der Waals surface area contributed by atoms with Crippen LogP contribution in [0.25, 0.3) is 0 Å². The summed E-state index contributed by atoms with van der Waals surface area (Å²) in [5, 5.41) is 11.9. The first kappa shape index (κ1) is 10.9. The van der Waals surface area contributed by atoms with E-state index >= 15 is 0 Å². The molecule has 68 valence electrons. The molecule has 1 unspecified atom stereocenters. The molecule has 0 fully saturated rings. The highest BCUT2D eigenvalue weighted by Gasteiger charge is 1.96. The van der Waals surface area contributed by atoms with E-state index in [4.69, 9.17) is 5.11 Å². The van der Waals surface area contributed by atoms with E-state index in [2.05, 4.69) is 19.2 Å². The quantitative estimate of drug-likeness (QED) is 0.552. The van der Waals surface area contributed by atoms with Gasteiger partial charge in [0.25, 0.3) is 0 Å². The zero-order valence-corrected chi connectivity index (χ0v) is 7.77. The molecule has 0 aliphatic heterocycles. The average Bonchev–Trinajstić information content (AvgIpc) is 1.99. The predicted molar refractivity (Wildman–Crippen MR) is 48.7 cm³/mol. The SMILES string of the molecule is CCCC(C)NCCCCO. The Kier molecular flexibility index (Phi) is 7.96. The van der Waals surface area contributed by atoms with Gasteiger partial charge in [0, 0.05) is 12.6 Å². The molecule has 0 rings (SSSR count). The van der Waals surface area contributed by atoms with Crippen molar-refractivity contribution < 1.29 is 5.11 Å². The van der Waals surface area contributed by atoms with Gasteiger partial charge in [-0.3, -0.25) is 0 Å². The second kappa shape index (κ2) is 8.02. The number of nitrogens with one attached hydrogen (secondary N) is 1. The molecule has 0 saturated heterocycles. The van der Waals surface area contributed by atoms with E-state index < -0.39 is 0 Å². The minimum absolute atomic E-state index is 0.323. The number of unbranched alkanes of at least 4 members (excludes halogenated alkanes) is 1. The molecule has 0 bridgehead atoms. The van der Waals surface area contributed by atoms with Crippen molar-refractivity contribution in [2.24, 2.45) is 0 Å². The summed E-state index contributed by atoms with van der Waals surface area (Å²) in [7, 11) is 0. The van der Waals surface area contributed by atoms with Crippen molar-refractivity contribution >= 4 is 0 Å². The normalized spacial score (nSPS) is 13.4. The lowest BCUT2D eigenvalue weighted by Crippen LogP contribution is -2.26. The first-order chi connectivity index (χ1) is 5.31. The predicted octanol–water partition coefficient (Wildman–Crippen LogP) is 1.54. The average molecular weight is 159 g/mol. The summed E-state index contributed by atoms with van der Waals surface area (Å²) in [6.45, 7) is 5.78. The van der Waals surface area contributed by atoms with Crippen LogP contribution in [0.5, 0.6) is 0 Å². The van der Waals surface area contributed by atoms with Gasteiger partial charge in [-0.2, -0.15) is 0 Å². The van der Waals surface area contributed by atoms with Crippen molar-refractivity contribution in [3.63, 3.8) is 0 Å². The van der Waals surface area contributed by atoms with Crippen LogP contribution in [-0.4, -0.2) is 24.3 Å². The Morgan fingerprint density at radius 3 is 2.64 bits per heavy atom. The highest BCUT2D eigenvalue weighted by molar-refractivity contribution is 4.58. The van der Waals surface area contributed by atoms with E-state index in [1.54, 1.807) is 0 Å². The van der Waals surface area contributed by atoms with E-state index in [0.29, 0.717) is 12.6 Å². The highest BCUT2D eigenvalue weighted by Crippen LogP contribution is 1.95. The number of hydrogen-bond donors (Lipinski definition) is 2. The van der Waals surface area contributed by atoms with Gasteiger partial charge in [-0.05, 0) is 32.7 Å². The van der Waals surface area contributed by atoms with Gasteiger partial charge in [0.05, 0.1) is 0 Å². The summed E-state index contributed by atoms with van der Waals surface area (Å²) in [5.74, 6) is 0. The Balaban J connectivity index is 2.97. The third kappa shape index (κ3) is 7.82. The summed E-state index contributed by atoms with van der Waals surface area (Å²) >= 11 is 0. The molecule has 0 saturated carbocycles. The molecular weight excluding hydrogens is 138 g/mol. The van der Waals surface area contributed by atoms with Crippen molar-refractivity contribution in [2.45, 2.75) is 45.6 Å². The van der Waals surface area contributed by atoms with Crippen molar-refractivity contribution in [1.29, 1.82) is 0 Å². The van der Waals surface area contributed by atoms with Crippen LogP contribution in [0.4, 0.5) is 0 Å². The summed E-state index contributed by atoms with van der Waals surface area (Å²) < 4.78 is 0. The summed E-state index contributed by atoms with van der Waals surface area (Å²) in [6.07, 6.45) is 4.50. The van der Waals surface area contributed by atoms with Gasteiger partial charge in [-0.25, -0.2) is 0 Å². The van der Waals surface area contributed by atoms with E-state index in [0.717, 1.165) is 19.4 Å². The zero-order chi connectivity index (χ0) is 8.53. The maximum atomic E-state index is 8.51. The van der Waals surface area contributed by atoms with Gasteiger partial charge in [0.1, 0.15) is 0 Å². The summed E-state index contributed by atoms with van der Waals surface area (Å²) in [5.41, 5.74) is 0. The van der Waals surface area contributed by atoms with Crippen LogP contribution in [0.2, 0.25) is 0 Å². The van der Waals surface area contributed by atoms with Gasteiger partial charge in [0.15, 0.2) is 0 Å². The first-order valence-corrected chi connectivity index (χ1v) is 4.65. The van der Waals surface area contributed by atoms with Crippen LogP contribution < -0.4 is 5.32 Å². The molecule has 0 aliphatic rings. The van der Waals surface area contributed by atoms with Crippen molar-refractivity contribution in [3.05, 3.63) is 0 Å². The number of rotatable bonds is 7. The van der Waals surface area contributed by atoms with E-state index in [9.17, 15) is 0 Å². The largest absolute Gasteiger partial charge is 0.396 e. The molecule has 0 amide bonds. The van der Waals surface area contributed by atoms with E-state index in [1.807, 2.05) is 0 Å². The van der Waals surface area contributed by atoms with Crippen LogP contribution >= 0.6 is 0 Å². The standard InChI is InChI=1S/C9H21NO/c1-3-6-9(2)10-7-4-5-8-11/h9-11H,3-8H2,1-2H3. The monoisotopic (exact) mass is 159 g/mol. The summed E-state index contributed by atoms with van der Waals surface area (Å²) in [6, 6.07) is 0.638. The lowest BCUT2D eigenvalue weighted by Gasteiger charge is -2.11. The molecule has 0 heterocycles. The molecule has 0 spiro atoms. The van der Waals surface area contributed by atoms with E-state index in [1.165, 1.54) is 12.8 Å². The Bertz CT molecular complexity index is 76.0. The van der Waals surface area contributed by atoms with Crippen LogP contribution in [0, 0.1) is 0 Å². The number of hydrogen-bond acceptors (Lipinski definition) is 2. The van der Waals surface area contributed by atoms with Gasteiger partial charge in [-0.15, -0.1) is 0 Å². The molecule has 0 radical (unpaired) electrons. The molecular formula is C9H21NO. The Hall–Kier alpha value is -0.0800. The minimum Gasteiger partial charge on any atom is -0.396 e. The van der Waals surface area contributed by atoms with Crippen molar-refractivity contribution in [2.75, 3.05) is 13.2 Å². The molecule has 0 aromatic carbocycles. The topological polar surface area (TPSA) is 32.3 Å². The minimum atomic E-state index is 0.323. The molecule has 0 aromatic rings. The molecule has 2 heteroatoms. The molecule has 0 aromatic heterocycles. The number of aliphatic hydroxyl groups excluding tert-OH is 1. The lowest BCUT2D eigenvalue weighted by atomic mass is 10.2. The van der Waals surface area contributed by atoms with Crippen LogP contribution in [0.3, 0.4) is 0 Å². The Labute approximate surface area is 70.0 Å². The Morgan fingerprint density at radius 2 is 2.09 bits per heavy atom. The third-order valence-electron chi connectivity index (χ3n) is 1.80. The highest BCUT2D eigenvalue weighted by atomic mass is 16.2. The molecule has 2 nitrogen and oxygen atoms in total. The van der Waals surface area contributed by atoms with Crippen LogP contribution in [0.1, 0.15) is 39.5 Å². The van der Waals surface area contributed by atoms with Crippen LogP contribution in [-0.2, 0) is 0 Å². The second-order valence-corrected chi connectivity index (χ2v) is 3.07. The van der Waals surface area contributed by atoms with Crippen molar-refractivity contribution in [1.82, 2.24) is 5.32 Å². The van der Waals surface area contributed by atoms with Gasteiger partial charge in [-0.1, -0.05) is 13.3 Å². The smallest absolute Gasteiger partial charge is 0.0431 e. The Morgan fingerprint density at radius 1 is 1.36 bits per heavy atom. The molecule has 2 N–H and O–H groups in total. The number of aliphatic hydroxyl groups is 1. The maximum Gasteiger partial charge on any atom is 0.0431 e. The van der Waals surface area contributed by atoms with Crippen molar-refractivity contribution in [3.8, 4) is 0 Å². The van der Waals surface area contributed by atoms with Gasteiger partial charge in [0.2, 0.25) is 0 Å². The molecule has 11 heavy (non-hydrogen) atoms. The van der Waals surface area contributed by atoms with Gasteiger partial charge >= 0.3 is 0 Å². The second-order valence-electron chi connectivity index (χ2n) is 3.07. The lowest BCUT2D eigenvalue weighted by molar-refractivity contribution is 0.282. The zero-order valence-electron chi connectivity index (χ0n) is 7.77. The van der Waals surface area contributed by atoms with E-state index in [-0.39, 0.29) is 0 Å². The fourth-order valence-corrected chi connectivity index (χ4v) is 1.12. The van der Waals surface area contributed by atoms with Crippen LogP contribution in [0.15, 0.2) is 0 Å². The first-order valence-electron chi connectivity index (χ1n) is 4.65. The maximum absolute atomic E-state index is 8.51. The summed E-state index contributed by atoms with van der Waals surface area (Å²) in [4.78, 5) is 0. The van der Waals surface area contributed by atoms with Gasteiger partial charge < -0.3 is 10.4 Å².